The second-order valence-corrected chi connectivity index (χ2v) is 5.73. The first-order chi connectivity index (χ1) is 11.5. The summed E-state index contributed by atoms with van der Waals surface area (Å²) in [6.07, 6.45) is 3.43. The fraction of sp³-hybridized carbons (Fsp3) is 0.150. The van der Waals surface area contributed by atoms with E-state index in [1.54, 1.807) is 24.3 Å². The van der Waals surface area contributed by atoms with Crippen LogP contribution in [0.2, 0.25) is 0 Å². The molecule has 0 saturated carbocycles. The van der Waals surface area contributed by atoms with E-state index in [1.165, 1.54) is 18.7 Å². The number of cyclic esters (lactones) is 1. The van der Waals surface area contributed by atoms with Gasteiger partial charge in [0.2, 0.25) is 0 Å². The van der Waals surface area contributed by atoms with Gasteiger partial charge < -0.3 is 14.6 Å². The van der Waals surface area contributed by atoms with Crippen molar-refractivity contribution in [2.24, 2.45) is 0 Å². The smallest absolute Gasteiger partial charge is 0.343 e. The molecular weight excluding hydrogens is 304 g/mol. The molecule has 0 atom stereocenters. The first-order valence-electron chi connectivity index (χ1n) is 7.58. The molecule has 0 amide bonds. The van der Waals surface area contributed by atoms with Crippen LogP contribution in [-0.4, -0.2) is 18.2 Å². The van der Waals surface area contributed by atoms with Gasteiger partial charge in [0, 0.05) is 5.56 Å². The van der Waals surface area contributed by atoms with Crippen LogP contribution in [0.15, 0.2) is 48.0 Å². The van der Waals surface area contributed by atoms with E-state index < -0.39 is 5.97 Å². The Morgan fingerprint density at radius 3 is 2.58 bits per heavy atom. The van der Waals surface area contributed by atoms with Gasteiger partial charge in [0.05, 0.1) is 12.7 Å². The fourth-order valence-electron chi connectivity index (χ4n) is 2.49. The van der Waals surface area contributed by atoms with Crippen LogP contribution in [0.25, 0.3) is 11.8 Å². The van der Waals surface area contributed by atoms with Crippen molar-refractivity contribution in [2.75, 3.05) is 7.11 Å². The lowest BCUT2D eigenvalue weighted by atomic mass is 10.0. The van der Waals surface area contributed by atoms with E-state index in [1.807, 2.05) is 32.0 Å². The molecule has 122 valence electrons. The average molecular weight is 322 g/mol. The summed E-state index contributed by atoms with van der Waals surface area (Å²) < 4.78 is 10.5. The van der Waals surface area contributed by atoms with Crippen LogP contribution in [0, 0.1) is 13.8 Å². The van der Waals surface area contributed by atoms with Crippen LogP contribution >= 0.6 is 0 Å². The van der Waals surface area contributed by atoms with Crippen LogP contribution in [0.5, 0.6) is 11.5 Å². The Kier molecular flexibility index (Phi) is 4.13. The number of ether oxygens (including phenoxy) is 2. The van der Waals surface area contributed by atoms with Crippen molar-refractivity contribution < 1.29 is 19.4 Å². The Bertz CT molecular complexity index is 875. The van der Waals surface area contributed by atoms with Gasteiger partial charge in [-0.1, -0.05) is 18.2 Å². The molecule has 2 aromatic rings. The van der Waals surface area contributed by atoms with Gasteiger partial charge in [0.15, 0.2) is 11.5 Å². The molecule has 0 spiro atoms. The van der Waals surface area contributed by atoms with E-state index in [2.05, 4.69) is 0 Å². The highest BCUT2D eigenvalue weighted by Crippen LogP contribution is 2.31. The second-order valence-electron chi connectivity index (χ2n) is 5.73. The summed E-state index contributed by atoms with van der Waals surface area (Å²) in [6.45, 7) is 4.06. The number of esters is 1. The Labute approximate surface area is 140 Å². The van der Waals surface area contributed by atoms with Crippen molar-refractivity contribution >= 4 is 17.8 Å². The monoisotopic (exact) mass is 322 g/mol. The summed E-state index contributed by atoms with van der Waals surface area (Å²) in [5.74, 6) is 0.560. The van der Waals surface area contributed by atoms with Crippen molar-refractivity contribution in [3.63, 3.8) is 0 Å². The number of carbonyl (C=O) groups is 1. The maximum absolute atomic E-state index is 12.1. The minimum absolute atomic E-state index is 0.0556. The lowest BCUT2D eigenvalue weighted by Gasteiger charge is -2.05. The zero-order valence-electron chi connectivity index (χ0n) is 13.8. The molecule has 0 bridgehead atoms. The lowest BCUT2D eigenvalue weighted by Crippen LogP contribution is -1.97. The number of methoxy groups -OCH3 is 1. The molecule has 0 fully saturated rings. The second kappa shape index (κ2) is 6.24. The number of rotatable bonds is 3. The van der Waals surface area contributed by atoms with Gasteiger partial charge >= 0.3 is 5.97 Å². The standard InChI is InChI=1S/C20H18O4/c1-12-4-6-15(8-13(12)2)18-11-16(20(22)24-18)9-14-5-7-17(21)19(10-14)23-3/h4-11,21H,1-3H3/b16-9+. The van der Waals surface area contributed by atoms with Crippen LogP contribution < -0.4 is 4.74 Å². The molecule has 4 nitrogen and oxygen atoms in total. The minimum Gasteiger partial charge on any atom is -0.504 e. The molecule has 1 aliphatic heterocycles. The molecule has 0 aliphatic carbocycles. The molecular formula is C20H18O4. The molecule has 2 aromatic carbocycles. The van der Waals surface area contributed by atoms with Crippen molar-refractivity contribution in [1.82, 2.24) is 0 Å². The summed E-state index contributed by atoms with van der Waals surface area (Å²) in [5, 5.41) is 9.64. The van der Waals surface area contributed by atoms with Crippen molar-refractivity contribution in [3.05, 3.63) is 70.3 Å². The summed E-state index contributed by atoms with van der Waals surface area (Å²) in [7, 11) is 1.48. The molecule has 0 unspecified atom stereocenters. The van der Waals surface area contributed by atoms with Crippen molar-refractivity contribution in [3.8, 4) is 11.5 Å². The highest BCUT2D eigenvalue weighted by atomic mass is 16.5. The van der Waals surface area contributed by atoms with Crippen LogP contribution in [0.1, 0.15) is 22.3 Å². The van der Waals surface area contributed by atoms with Crippen molar-refractivity contribution in [1.29, 1.82) is 0 Å². The molecule has 0 aromatic heterocycles. The first kappa shape index (κ1) is 15.9. The predicted octanol–water partition coefficient (Wildman–Crippen LogP) is 4.00. The topological polar surface area (TPSA) is 55.8 Å². The highest BCUT2D eigenvalue weighted by molar-refractivity contribution is 6.05. The molecule has 0 saturated heterocycles. The number of phenols is 1. The average Bonchev–Trinajstić information content (AvgIpc) is 2.92. The Balaban J connectivity index is 1.95. The number of carbonyl (C=O) groups excluding carboxylic acids is 1. The molecule has 1 heterocycles. The number of benzene rings is 2. The van der Waals surface area contributed by atoms with Gasteiger partial charge in [-0.2, -0.15) is 0 Å². The van der Waals surface area contributed by atoms with Gasteiger partial charge in [0.25, 0.3) is 0 Å². The maximum atomic E-state index is 12.1. The predicted molar refractivity (Wildman–Crippen MR) is 92.6 cm³/mol. The fourth-order valence-corrected chi connectivity index (χ4v) is 2.49. The quantitative estimate of drug-likeness (QED) is 0.685. The van der Waals surface area contributed by atoms with E-state index in [0.717, 1.165) is 16.7 Å². The SMILES string of the molecule is COc1cc(/C=C2\C=C(c3ccc(C)c(C)c3)OC2=O)ccc1O. The molecule has 1 N–H and O–H groups in total. The number of hydrogen-bond acceptors (Lipinski definition) is 4. The lowest BCUT2D eigenvalue weighted by molar-refractivity contribution is -0.130. The van der Waals surface area contributed by atoms with Crippen molar-refractivity contribution in [2.45, 2.75) is 13.8 Å². The maximum Gasteiger partial charge on any atom is 0.343 e. The minimum atomic E-state index is -0.393. The third-order valence-electron chi connectivity index (χ3n) is 4.04. The van der Waals surface area contributed by atoms with E-state index in [-0.39, 0.29) is 5.75 Å². The zero-order chi connectivity index (χ0) is 17.3. The molecule has 1 aliphatic rings. The van der Waals surface area contributed by atoms with E-state index >= 15 is 0 Å². The van der Waals surface area contributed by atoms with Crippen LogP contribution in [0.4, 0.5) is 0 Å². The summed E-state index contributed by atoms with van der Waals surface area (Å²) in [4.78, 5) is 12.1. The Hall–Kier alpha value is -3.01. The van der Waals surface area contributed by atoms with Gasteiger partial charge in [-0.15, -0.1) is 0 Å². The number of phenolic OH excluding ortho intramolecular Hbond substituents is 1. The molecule has 3 rings (SSSR count). The van der Waals surface area contributed by atoms with Crippen LogP contribution in [-0.2, 0) is 9.53 Å². The molecule has 4 heteroatoms. The first-order valence-corrected chi connectivity index (χ1v) is 7.58. The highest BCUT2D eigenvalue weighted by Gasteiger charge is 2.22. The zero-order valence-corrected chi connectivity index (χ0v) is 13.8. The van der Waals surface area contributed by atoms with Gasteiger partial charge in [-0.3, -0.25) is 0 Å². The third kappa shape index (κ3) is 3.04. The van der Waals surface area contributed by atoms with Crippen LogP contribution in [0.3, 0.4) is 0 Å². The van der Waals surface area contributed by atoms with Gasteiger partial charge in [-0.05, 0) is 60.9 Å². The summed E-state index contributed by atoms with van der Waals surface area (Å²) in [6, 6.07) is 10.8. The van der Waals surface area contributed by atoms with E-state index in [0.29, 0.717) is 17.1 Å². The van der Waals surface area contributed by atoms with Gasteiger partial charge in [-0.25, -0.2) is 4.79 Å². The Morgan fingerprint density at radius 1 is 1.08 bits per heavy atom. The largest absolute Gasteiger partial charge is 0.504 e. The summed E-state index contributed by atoms with van der Waals surface area (Å²) >= 11 is 0. The van der Waals surface area contributed by atoms with E-state index in [9.17, 15) is 9.90 Å². The summed E-state index contributed by atoms with van der Waals surface area (Å²) in [5.41, 5.74) is 4.41. The number of hydrogen-bond donors (Lipinski definition) is 1. The molecule has 24 heavy (non-hydrogen) atoms. The third-order valence-corrected chi connectivity index (χ3v) is 4.04. The normalized spacial score (nSPS) is 15.4. The van der Waals surface area contributed by atoms with E-state index in [4.69, 9.17) is 9.47 Å². The van der Waals surface area contributed by atoms with Gasteiger partial charge in [0.1, 0.15) is 5.76 Å². The molecule has 0 radical (unpaired) electrons. The number of aromatic hydroxyl groups is 1. The Morgan fingerprint density at radius 2 is 1.88 bits per heavy atom. The number of aryl methyl sites for hydroxylation is 2.